The lowest BCUT2D eigenvalue weighted by molar-refractivity contribution is -0.127. The minimum Gasteiger partial charge on any atom is -0.387 e. The Hall–Kier alpha value is -2.73. The van der Waals surface area contributed by atoms with Crippen molar-refractivity contribution in [3.8, 4) is 11.1 Å². The van der Waals surface area contributed by atoms with Gasteiger partial charge in [-0.05, 0) is 48.2 Å². The number of hydrogen-bond acceptors (Lipinski definition) is 4. The molecule has 3 rings (SSSR count). The lowest BCUT2D eigenvalue weighted by atomic mass is 10.0. The number of nitrogens with zero attached hydrogens (tertiary/aromatic N) is 2. The van der Waals surface area contributed by atoms with Crippen molar-refractivity contribution < 1.29 is 9.00 Å². The minimum atomic E-state index is -1.04. The molecule has 1 heterocycles. The van der Waals surface area contributed by atoms with E-state index in [1.165, 1.54) is 0 Å². The third-order valence-corrected chi connectivity index (χ3v) is 5.96. The van der Waals surface area contributed by atoms with Crippen LogP contribution in [0, 0.1) is 0 Å². The predicted octanol–water partition coefficient (Wildman–Crippen LogP) is 4.52. The molecule has 0 saturated heterocycles. The third kappa shape index (κ3) is 5.05. The molecule has 2 aromatic rings. The van der Waals surface area contributed by atoms with E-state index in [9.17, 15) is 9.00 Å². The van der Waals surface area contributed by atoms with Gasteiger partial charge in [-0.15, -0.1) is 0 Å². The fourth-order valence-corrected chi connectivity index (χ4v) is 4.18. The summed E-state index contributed by atoms with van der Waals surface area (Å²) >= 11 is 0. The molecular weight excluding hydrogens is 394 g/mol. The molecule has 0 fully saturated rings. The molecule has 0 aliphatic carbocycles. The summed E-state index contributed by atoms with van der Waals surface area (Å²) in [5, 5.41) is 0. The van der Waals surface area contributed by atoms with E-state index in [-0.39, 0.29) is 5.91 Å². The molecule has 0 aromatic heterocycles. The van der Waals surface area contributed by atoms with Crippen molar-refractivity contribution in [3.05, 3.63) is 53.6 Å². The summed E-state index contributed by atoms with van der Waals surface area (Å²) in [6.45, 7) is 5.63. The van der Waals surface area contributed by atoms with Crippen LogP contribution in [0.4, 0.5) is 5.69 Å². The molecule has 1 unspecified atom stereocenters. The van der Waals surface area contributed by atoms with Crippen molar-refractivity contribution in [2.45, 2.75) is 38.0 Å². The van der Waals surface area contributed by atoms with Gasteiger partial charge in [-0.2, -0.15) is 0 Å². The Morgan fingerprint density at radius 1 is 1.10 bits per heavy atom. The molecule has 2 N–H and O–H groups in total. The molecule has 1 atom stereocenters. The van der Waals surface area contributed by atoms with Gasteiger partial charge in [0, 0.05) is 52.6 Å². The first-order chi connectivity index (χ1) is 14.4. The molecule has 0 bridgehead atoms. The molecule has 1 amide bonds. The first-order valence-corrected chi connectivity index (χ1v) is 11.9. The molecule has 6 heteroatoms. The van der Waals surface area contributed by atoms with Gasteiger partial charge in [0.15, 0.2) is 0 Å². The number of rotatable bonds is 7. The minimum absolute atomic E-state index is 0.0342. The lowest BCUT2D eigenvalue weighted by Gasteiger charge is -2.22. The van der Waals surface area contributed by atoms with Crippen LogP contribution in [0.25, 0.3) is 17.2 Å². The Balaban J connectivity index is 1.98. The van der Waals surface area contributed by atoms with E-state index in [1.54, 1.807) is 6.26 Å². The van der Waals surface area contributed by atoms with Crippen LogP contribution in [0.15, 0.2) is 57.9 Å². The van der Waals surface area contributed by atoms with Gasteiger partial charge in [0.2, 0.25) is 5.91 Å². The summed E-state index contributed by atoms with van der Waals surface area (Å²) < 4.78 is 11.8. The summed E-state index contributed by atoms with van der Waals surface area (Å²) in [7, 11) is -1.04. The van der Waals surface area contributed by atoms with Crippen LogP contribution in [0.3, 0.4) is 0 Å². The van der Waals surface area contributed by atoms with Crippen LogP contribution in [0.1, 0.15) is 38.7 Å². The molecule has 158 valence electrons. The average Bonchev–Trinajstić information content (AvgIpc) is 2.90. The maximum atomic E-state index is 13.1. The number of nitrogens with two attached hydrogens (primary N) is 1. The van der Waals surface area contributed by atoms with Gasteiger partial charge >= 0.3 is 0 Å². The number of fused-ring (bicyclic) bond motifs is 1. The van der Waals surface area contributed by atoms with Crippen LogP contribution in [-0.4, -0.2) is 40.2 Å². The monoisotopic (exact) mass is 423 g/mol. The van der Waals surface area contributed by atoms with Crippen LogP contribution >= 0.6 is 0 Å². The molecule has 0 spiro atoms. The smallest absolute Gasteiger partial charge is 0.250 e. The molecule has 2 aromatic carbocycles. The van der Waals surface area contributed by atoms with Crippen molar-refractivity contribution in [1.82, 2.24) is 4.90 Å². The van der Waals surface area contributed by atoms with E-state index in [2.05, 4.69) is 18.8 Å². The van der Waals surface area contributed by atoms with Gasteiger partial charge in [-0.25, -0.2) is 4.99 Å². The number of aliphatic imine (C=N–C) groups is 1. The van der Waals surface area contributed by atoms with E-state index < -0.39 is 10.8 Å². The molecule has 0 radical (unpaired) electrons. The summed E-state index contributed by atoms with van der Waals surface area (Å²) in [5.74, 6) is 0.466. The Morgan fingerprint density at radius 2 is 1.80 bits per heavy atom. The van der Waals surface area contributed by atoms with Crippen molar-refractivity contribution >= 4 is 34.3 Å². The van der Waals surface area contributed by atoms with Gasteiger partial charge in [0.1, 0.15) is 5.84 Å². The maximum absolute atomic E-state index is 13.1. The predicted molar refractivity (Wildman–Crippen MR) is 125 cm³/mol. The van der Waals surface area contributed by atoms with Gasteiger partial charge in [-0.3, -0.25) is 9.00 Å². The molecule has 30 heavy (non-hydrogen) atoms. The van der Waals surface area contributed by atoms with E-state index >= 15 is 0 Å². The number of carbonyl (C=O) groups excluding carboxylic acids is 1. The topological polar surface area (TPSA) is 75.8 Å². The van der Waals surface area contributed by atoms with E-state index in [4.69, 9.17) is 5.73 Å². The van der Waals surface area contributed by atoms with Gasteiger partial charge in [-0.1, -0.05) is 38.1 Å². The van der Waals surface area contributed by atoms with Crippen molar-refractivity contribution in [2.75, 3.05) is 19.3 Å². The third-order valence-electron chi connectivity index (χ3n) is 5.04. The molecular formula is C24H29N3O2S. The van der Waals surface area contributed by atoms with Crippen molar-refractivity contribution in [2.24, 2.45) is 10.7 Å². The Bertz CT molecular complexity index is 1020. The summed E-state index contributed by atoms with van der Waals surface area (Å²) in [6.07, 6.45) is 5.77. The second-order valence-electron chi connectivity index (χ2n) is 7.50. The van der Waals surface area contributed by atoms with E-state index in [0.29, 0.717) is 17.8 Å². The Kier molecular flexibility index (Phi) is 7.21. The Labute approximate surface area is 181 Å². The number of amides is 1. The zero-order valence-corrected chi connectivity index (χ0v) is 18.7. The van der Waals surface area contributed by atoms with Crippen LogP contribution in [0.2, 0.25) is 0 Å². The van der Waals surface area contributed by atoms with Crippen LogP contribution in [-0.2, 0) is 15.6 Å². The van der Waals surface area contributed by atoms with Crippen molar-refractivity contribution in [3.63, 3.8) is 0 Å². The second-order valence-corrected chi connectivity index (χ2v) is 8.88. The SMILES string of the molecule is CCCN(CCC)C(=O)C1=Cc2ccc(-c3cccc(S(C)=O)c3)cc2N=C(N)C1. The maximum Gasteiger partial charge on any atom is 0.250 e. The normalized spacial score (nSPS) is 14.2. The first-order valence-electron chi connectivity index (χ1n) is 10.3. The number of benzene rings is 2. The molecule has 1 aliphatic rings. The lowest BCUT2D eigenvalue weighted by Crippen LogP contribution is -2.34. The van der Waals surface area contributed by atoms with Crippen LogP contribution < -0.4 is 5.73 Å². The molecule has 1 aliphatic heterocycles. The molecule has 0 saturated carbocycles. The zero-order valence-electron chi connectivity index (χ0n) is 17.9. The van der Waals surface area contributed by atoms with Crippen molar-refractivity contribution in [1.29, 1.82) is 0 Å². The highest BCUT2D eigenvalue weighted by atomic mass is 32.2. The fraction of sp³-hybridized carbons (Fsp3) is 0.333. The van der Waals surface area contributed by atoms with Gasteiger partial charge < -0.3 is 10.6 Å². The fourth-order valence-electron chi connectivity index (χ4n) is 3.62. The second kappa shape index (κ2) is 9.85. The summed E-state index contributed by atoms with van der Waals surface area (Å²) in [6, 6.07) is 13.6. The quantitative estimate of drug-likeness (QED) is 0.712. The number of hydrogen-bond donors (Lipinski definition) is 1. The average molecular weight is 424 g/mol. The summed E-state index contributed by atoms with van der Waals surface area (Å²) in [4.78, 5) is 20.4. The van der Waals surface area contributed by atoms with Gasteiger partial charge in [0.25, 0.3) is 0 Å². The van der Waals surface area contributed by atoms with E-state index in [0.717, 1.165) is 53.2 Å². The molecule has 5 nitrogen and oxygen atoms in total. The number of amidine groups is 1. The first kappa shape index (κ1) is 22.0. The van der Waals surface area contributed by atoms with Crippen LogP contribution in [0.5, 0.6) is 0 Å². The zero-order chi connectivity index (χ0) is 21.7. The number of carbonyl (C=O) groups is 1. The highest BCUT2D eigenvalue weighted by Crippen LogP contribution is 2.32. The van der Waals surface area contributed by atoms with Gasteiger partial charge in [0.05, 0.1) is 5.69 Å². The standard InChI is InChI=1S/C24H29N3O2S/c1-4-11-27(12-5-2)24(28)20-13-19-10-9-18(15-22(19)26-23(25)16-20)17-7-6-8-21(14-17)30(3)29/h6-10,13-15H,4-5,11-12,16H2,1-3H3,(H2,25,26). The largest absolute Gasteiger partial charge is 0.387 e. The summed E-state index contributed by atoms with van der Waals surface area (Å²) in [5.41, 5.74) is 10.4. The van der Waals surface area contributed by atoms with E-state index in [1.807, 2.05) is 53.4 Å². The highest BCUT2D eigenvalue weighted by Gasteiger charge is 2.21. The highest BCUT2D eigenvalue weighted by molar-refractivity contribution is 7.84. The Morgan fingerprint density at radius 3 is 2.47 bits per heavy atom.